The van der Waals surface area contributed by atoms with Crippen LogP contribution in [0.3, 0.4) is 0 Å². The molecule has 2 aromatic rings. The van der Waals surface area contributed by atoms with E-state index in [2.05, 4.69) is 15.2 Å². The molecule has 2 heterocycles. The molecule has 0 unspecified atom stereocenters. The van der Waals surface area contributed by atoms with Crippen LogP contribution in [0, 0.1) is 0 Å². The van der Waals surface area contributed by atoms with Crippen LogP contribution in [0.2, 0.25) is 0 Å². The van der Waals surface area contributed by atoms with Gasteiger partial charge in [-0.3, -0.25) is 5.10 Å². The molecule has 0 radical (unpaired) electrons. The number of oxazole rings is 1. The van der Waals surface area contributed by atoms with Crippen molar-refractivity contribution in [1.29, 1.82) is 0 Å². The van der Waals surface area contributed by atoms with Crippen molar-refractivity contribution < 1.29 is 4.42 Å². The highest BCUT2D eigenvalue weighted by Gasteiger charge is 1.99. The summed E-state index contributed by atoms with van der Waals surface area (Å²) in [7, 11) is 0. The average Bonchev–Trinajstić information content (AvgIpc) is 2.59. The molecule has 2 rings (SSSR count). The van der Waals surface area contributed by atoms with Crippen molar-refractivity contribution >= 4 is 0 Å². The molecule has 0 bridgehead atoms. The Balaban J connectivity index is 2.48. The minimum atomic E-state index is 0.730. The molecule has 0 saturated heterocycles. The number of aromatic nitrogens is 3. The Bertz CT molecular complexity index is 252. The van der Waals surface area contributed by atoms with Gasteiger partial charge in [0.25, 0.3) is 0 Å². The molecule has 2 aromatic heterocycles. The molecule has 50 valence electrons. The van der Waals surface area contributed by atoms with E-state index in [0.29, 0.717) is 0 Å². The SMILES string of the molecule is c1ncc(-c2cn[nH]c2)o1. The molecule has 4 nitrogen and oxygen atoms in total. The van der Waals surface area contributed by atoms with E-state index in [1.165, 1.54) is 6.39 Å². The van der Waals surface area contributed by atoms with Gasteiger partial charge in [-0.05, 0) is 0 Å². The lowest BCUT2D eigenvalue weighted by atomic mass is 10.3. The Labute approximate surface area is 56.9 Å². The number of rotatable bonds is 1. The lowest BCUT2D eigenvalue weighted by Gasteiger charge is -1.82. The summed E-state index contributed by atoms with van der Waals surface area (Å²) >= 11 is 0. The summed E-state index contributed by atoms with van der Waals surface area (Å²) in [6, 6.07) is 0. The van der Waals surface area contributed by atoms with Gasteiger partial charge < -0.3 is 4.42 Å². The Morgan fingerprint density at radius 2 is 2.40 bits per heavy atom. The van der Waals surface area contributed by atoms with Crippen LogP contribution in [0.4, 0.5) is 0 Å². The molecule has 0 fully saturated rings. The first kappa shape index (κ1) is 5.22. The van der Waals surface area contributed by atoms with Crippen molar-refractivity contribution in [3.63, 3.8) is 0 Å². The van der Waals surface area contributed by atoms with Crippen molar-refractivity contribution in [1.82, 2.24) is 15.2 Å². The normalized spacial score (nSPS) is 10.0. The predicted molar refractivity (Wildman–Crippen MR) is 34.1 cm³/mol. The van der Waals surface area contributed by atoms with Crippen molar-refractivity contribution in [2.75, 3.05) is 0 Å². The molecule has 0 atom stereocenters. The molecule has 0 spiro atoms. The van der Waals surface area contributed by atoms with E-state index >= 15 is 0 Å². The van der Waals surface area contributed by atoms with Crippen molar-refractivity contribution in [3.8, 4) is 11.3 Å². The zero-order valence-electron chi connectivity index (χ0n) is 5.11. The number of hydrogen-bond acceptors (Lipinski definition) is 3. The van der Waals surface area contributed by atoms with Crippen LogP contribution in [0.1, 0.15) is 0 Å². The smallest absolute Gasteiger partial charge is 0.181 e. The summed E-state index contributed by atoms with van der Waals surface area (Å²) in [5.41, 5.74) is 0.914. The van der Waals surface area contributed by atoms with Crippen LogP contribution in [-0.4, -0.2) is 15.2 Å². The minimum Gasteiger partial charge on any atom is -0.443 e. The fraction of sp³-hybridized carbons (Fsp3) is 0. The molecule has 0 amide bonds. The molecular weight excluding hydrogens is 130 g/mol. The van der Waals surface area contributed by atoms with Gasteiger partial charge in [0.1, 0.15) is 0 Å². The molecule has 10 heavy (non-hydrogen) atoms. The standard InChI is InChI=1S/C6H5N3O/c1-5(2-9-8-1)6-3-7-4-10-6/h1-4H,(H,8,9). The van der Waals surface area contributed by atoms with Crippen LogP contribution >= 0.6 is 0 Å². The van der Waals surface area contributed by atoms with Crippen LogP contribution in [0.5, 0.6) is 0 Å². The summed E-state index contributed by atoms with van der Waals surface area (Å²) in [5.74, 6) is 0.730. The first-order chi connectivity index (χ1) is 4.97. The van der Waals surface area contributed by atoms with Gasteiger partial charge in [-0.2, -0.15) is 5.10 Å². The Kier molecular flexibility index (Phi) is 1.04. The maximum Gasteiger partial charge on any atom is 0.181 e. The second kappa shape index (κ2) is 1.98. The molecule has 0 aliphatic carbocycles. The molecule has 0 aliphatic heterocycles. The van der Waals surface area contributed by atoms with Gasteiger partial charge in [-0.25, -0.2) is 4.98 Å². The zero-order chi connectivity index (χ0) is 6.81. The van der Waals surface area contributed by atoms with E-state index in [9.17, 15) is 0 Å². The van der Waals surface area contributed by atoms with Gasteiger partial charge in [0.05, 0.1) is 18.0 Å². The molecule has 1 N–H and O–H groups in total. The first-order valence-corrected chi connectivity index (χ1v) is 2.84. The van der Waals surface area contributed by atoms with Gasteiger partial charge in [-0.1, -0.05) is 0 Å². The average molecular weight is 135 g/mol. The van der Waals surface area contributed by atoms with E-state index in [-0.39, 0.29) is 0 Å². The van der Waals surface area contributed by atoms with Crippen LogP contribution in [0.25, 0.3) is 11.3 Å². The van der Waals surface area contributed by atoms with Crippen molar-refractivity contribution in [3.05, 3.63) is 25.0 Å². The molecule has 0 aliphatic rings. The number of H-pyrrole nitrogens is 1. The number of hydrogen-bond donors (Lipinski definition) is 1. The van der Waals surface area contributed by atoms with Gasteiger partial charge in [-0.15, -0.1) is 0 Å². The summed E-state index contributed by atoms with van der Waals surface area (Å²) in [6.45, 7) is 0. The second-order valence-corrected chi connectivity index (χ2v) is 1.85. The Hall–Kier alpha value is -1.58. The highest BCUT2D eigenvalue weighted by molar-refractivity contribution is 5.52. The van der Waals surface area contributed by atoms with Crippen LogP contribution in [0.15, 0.2) is 29.4 Å². The van der Waals surface area contributed by atoms with E-state index in [1.54, 1.807) is 18.6 Å². The van der Waals surface area contributed by atoms with E-state index in [4.69, 9.17) is 4.42 Å². The Morgan fingerprint density at radius 3 is 3.00 bits per heavy atom. The van der Waals surface area contributed by atoms with Gasteiger partial charge in [0.2, 0.25) is 0 Å². The summed E-state index contributed by atoms with van der Waals surface area (Å²) in [5, 5.41) is 6.45. The van der Waals surface area contributed by atoms with Gasteiger partial charge in [0.15, 0.2) is 12.2 Å². The minimum absolute atomic E-state index is 0.730. The topological polar surface area (TPSA) is 54.7 Å². The van der Waals surface area contributed by atoms with Crippen LogP contribution in [-0.2, 0) is 0 Å². The summed E-state index contributed by atoms with van der Waals surface area (Å²) < 4.78 is 5.01. The maximum atomic E-state index is 5.01. The van der Waals surface area contributed by atoms with E-state index < -0.39 is 0 Å². The monoisotopic (exact) mass is 135 g/mol. The second-order valence-electron chi connectivity index (χ2n) is 1.85. The molecule has 0 aromatic carbocycles. The van der Waals surface area contributed by atoms with Gasteiger partial charge >= 0.3 is 0 Å². The van der Waals surface area contributed by atoms with E-state index in [0.717, 1.165) is 11.3 Å². The third-order valence-corrected chi connectivity index (χ3v) is 1.22. The predicted octanol–water partition coefficient (Wildman–Crippen LogP) is 1.06. The highest BCUT2D eigenvalue weighted by Crippen LogP contribution is 2.14. The van der Waals surface area contributed by atoms with Crippen LogP contribution < -0.4 is 0 Å². The number of nitrogens with one attached hydrogen (secondary N) is 1. The van der Waals surface area contributed by atoms with E-state index in [1.807, 2.05) is 0 Å². The lowest BCUT2D eigenvalue weighted by molar-refractivity contribution is 0.572. The largest absolute Gasteiger partial charge is 0.443 e. The molecule has 0 saturated carbocycles. The molecule has 4 heteroatoms. The third-order valence-electron chi connectivity index (χ3n) is 1.22. The van der Waals surface area contributed by atoms with Crippen molar-refractivity contribution in [2.24, 2.45) is 0 Å². The zero-order valence-corrected chi connectivity index (χ0v) is 5.11. The Morgan fingerprint density at radius 1 is 1.40 bits per heavy atom. The number of aromatic amines is 1. The summed E-state index contributed by atoms with van der Waals surface area (Å²) in [4.78, 5) is 3.77. The third kappa shape index (κ3) is 0.699. The highest BCUT2D eigenvalue weighted by atomic mass is 16.3. The fourth-order valence-electron chi connectivity index (χ4n) is 0.744. The van der Waals surface area contributed by atoms with Gasteiger partial charge in [0, 0.05) is 6.20 Å². The quantitative estimate of drug-likeness (QED) is 0.636. The lowest BCUT2D eigenvalue weighted by Crippen LogP contribution is -1.63. The first-order valence-electron chi connectivity index (χ1n) is 2.84. The fourth-order valence-corrected chi connectivity index (χ4v) is 0.744. The maximum absolute atomic E-state index is 5.01. The van der Waals surface area contributed by atoms with Crippen molar-refractivity contribution in [2.45, 2.75) is 0 Å². The molecular formula is C6H5N3O. The number of nitrogens with zero attached hydrogens (tertiary/aromatic N) is 2. The summed E-state index contributed by atoms with van der Waals surface area (Å²) in [6.07, 6.45) is 6.47.